The minimum absolute atomic E-state index is 0.235. The van der Waals surface area contributed by atoms with E-state index in [0.717, 1.165) is 55.7 Å². The van der Waals surface area contributed by atoms with Gasteiger partial charge in [-0.1, -0.05) is 32.1 Å². The molecule has 1 aliphatic carbocycles. The quantitative estimate of drug-likeness (QED) is 0.699. The second-order valence-electron chi connectivity index (χ2n) is 7.27. The molecule has 0 bridgehead atoms. The Hall–Kier alpha value is -1.91. The van der Waals surface area contributed by atoms with Crippen LogP contribution in [0.1, 0.15) is 64.2 Å². The van der Waals surface area contributed by atoms with Gasteiger partial charge >= 0.3 is 0 Å². The Morgan fingerprint density at radius 2 is 2.00 bits per heavy atom. The van der Waals surface area contributed by atoms with Crippen LogP contribution in [0.5, 0.6) is 0 Å². The summed E-state index contributed by atoms with van der Waals surface area (Å²) >= 11 is 0. The highest BCUT2D eigenvalue weighted by Gasteiger charge is 2.13. The summed E-state index contributed by atoms with van der Waals surface area (Å²) in [7, 11) is 0. The van der Waals surface area contributed by atoms with Crippen molar-refractivity contribution in [3.8, 4) is 0 Å². The van der Waals surface area contributed by atoms with E-state index in [2.05, 4.69) is 19.9 Å². The van der Waals surface area contributed by atoms with Crippen LogP contribution in [0.4, 0.5) is 0 Å². The molecule has 2 aromatic rings. The van der Waals surface area contributed by atoms with Gasteiger partial charge in [-0.2, -0.15) is 0 Å². The average Bonchev–Trinajstić information content (AvgIpc) is 3.07. The molecule has 1 fully saturated rings. The third-order valence-corrected chi connectivity index (χ3v) is 5.29. The molecule has 1 amide bonds. The van der Waals surface area contributed by atoms with Gasteiger partial charge in [0.1, 0.15) is 5.52 Å². The van der Waals surface area contributed by atoms with E-state index in [1.165, 1.54) is 32.1 Å². The van der Waals surface area contributed by atoms with Crippen molar-refractivity contribution in [3.05, 3.63) is 24.8 Å². The highest BCUT2D eigenvalue weighted by Crippen LogP contribution is 2.22. The number of nitrogens with one attached hydrogen (secondary N) is 1. The molecule has 0 atom stereocenters. The van der Waals surface area contributed by atoms with Crippen LogP contribution in [0.25, 0.3) is 11.0 Å². The van der Waals surface area contributed by atoms with Crippen molar-refractivity contribution < 1.29 is 4.79 Å². The molecule has 1 N–H and O–H groups in total. The Labute approximate surface area is 150 Å². The zero-order valence-corrected chi connectivity index (χ0v) is 15.1. The highest BCUT2D eigenvalue weighted by atomic mass is 16.1. The lowest BCUT2D eigenvalue weighted by Gasteiger charge is -2.21. The Kier molecular flexibility index (Phi) is 6.83. The van der Waals surface area contributed by atoms with Gasteiger partial charge < -0.3 is 9.88 Å². The van der Waals surface area contributed by atoms with E-state index in [1.54, 1.807) is 6.20 Å². The molecular formula is C20H30N4O. The van der Waals surface area contributed by atoms with Crippen LogP contribution in [0.15, 0.2) is 24.8 Å². The average molecular weight is 342 g/mol. The summed E-state index contributed by atoms with van der Waals surface area (Å²) < 4.78 is 2.19. The molecule has 3 rings (SSSR count). The van der Waals surface area contributed by atoms with E-state index in [4.69, 9.17) is 0 Å². The van der Waals surface area contributed by atoms with Crippen LogP contribution in [0.3, 0.4) is 0 Å². The topological polar surface area (TPSA) is 59.8 Å². The minimum atomic E-state index is 0.235. The Morgan fingerprint density at radius 1 is 1.16 bits per heavy atom. The molecule has 2 aromatic heterocycles. The SMILES string of the molecule is O=C(CCCCCCn1cnc2cnccc21)NCC1CCCCC1. The summed E-state index contributed by atoms with van der Waals surface area (Å²) in [4.78, 5) is 20.4. The molecule has 0 saturated heterocycles. The predicted octanol–water partition coefficient (Wildman–Crippen LogP) is 4.08. The Bertz CT molecular complexity index is 661. The van der Waals surface area contributed by atoms with E-state index >= 15 is 0 Å². The molecule has 136 valence electrons. The van der Waals surface area contributed by atoms with Gasteiger partial charge in [-0.25, -0.2) is 4.98 Å². The molecule has 1 aliphatic rings. The summed E-state index contributed by atoms with van der Waals surface area (Å²) in [5.74, 6) is 0.955. The van der Waals surface area contributed by atoms with Gasteiger partial charge in [0.2, 0.25) is 5.91 Å². The van der Waals surface area contributed by atoms with E-state index in [-0.39, 0.29) is 5.91 Å². The van der Waals surface area contributed by atoms with Crippen molar-refractivity contribution in [2.45, 2.75) is 70.8 Å². The zero-order chi connectivity index (χ0) is 17.3. The van der Waals surface area contributed by atoms with Crippen molar-refractivity contribution in [1.82, 2.24) is 19.9 Å². The molecule has 0 aliphatic heterocycles. The molecule has 5 nitrogen and oxygen atoms in total. The van der Waals surface area contributed by atoms with Crippen LogP contribution in [-0.2, 0) is 11.3 Å². The van der Waals surface area contributed by atoms with Gasteiger partial charge in [0.15, 0.2) is 0 Å². The first-order valence-corrected chi connectivity index (χ1v) is 9.84. The van der Waals surface area contributed by atoms with E-state index < -0.39 is 0 Å². The summed E-state index contributed by atoms with van der Waals surface area (Å²) in [5, 5.41) is 3.13. The lowest BCUT2D eigenvalue weighted by molar-refractivity contribution is -0.121. The van der Waals surface area contributed by atoms with Crippen molar-refractivity contribution in [2.24, 2.45) is 5.92 Å². The zero-order valence-electron chi connectivity index (χ0n) is 15.1. The fraction of sp³-hybridized carbons (Fsp3) is 0.650. The maximum Gasteiger partial charge on any atom is 0.220 e. The normalized spacial score (nSPS) is 15.5. The van der Waals surface area contributed by atoms with E-state index in [0.29, 0.717) is 6.42 Å². The predicted molar refractivity (Wildman–Crippen MR) is 100 cm³/mol. The number of imidazole rings is 1. The third-order valence-electron chi connectivity index (χ3n) is 5.29. The van der Waals surface area contributed by atoms with Crippen molar-refractivity contribution in [3.63, 3.8) is 0 Å². The number of hydrogen-bond donors (Lipinski definition) is 1. The Morgan fingerprint density at radius 3 is 2.88 bits per heavy atom. The lowest BCUT2D eigenvalue weighted by Crippen LogP contribution is -2.29. The number of unbranched alkanes of at least 4 members (excludes halogenated alkanes) is 3. The summed E-state index contributed by atoms with van der Waals surface area (Å²) in [6.45, 7) is 1.87. The first-order valence-electron chi connectivity index (χ1n) is 9.84. The number of amides is 1. The smallest absolute Gasteiger partial charge is 0.220 e. The fourth-order valence-corrected chi connectivity index (χ4v) is 3.75. The van der Waals surface area contributed by atoms with Crippen molar-refractivity contribution >= 4 is 16.9 Å². The second-order valence-corrected chi connectivity index (χ2v) is 7.27. The number of fused-ring (bicyclic) bond motifs is 1. The van der Waals surface area contributed by atoms with Crippen molar-refractivity contribution in [2.75, 3.05) is 6.54 Å². The number of nitrogens with zero attached hydrogens (tertiary/aromatic N) is 3. The second kappa shape index (κ2) is 9.54. The molecular weight excluding hydrogens is 312 g/mol. The molecule has 0 spiro atoms. The van der Waals surface area contributed by atoms with Crippen LogP contribution in [0.2, 0.25) is 0 Å². The number of pyridine rings is 1. The third kappa shape index (κ3) is 5.55. The summed E-state index contributed by atoms with van der Waals surface area (Å²) in [6, 6.07) is 2.01. The van der Waals surface area contributed by atoms with Crippen molar-refractivity contribution in [1.29, 1.82) is 0 Å². The number of hydrogen-bond acceptors (Lipinski definition) is 3. The lowest BCUT2D eigenvalue weighted by atomic mass is 9.89. The maximum absolute atomic E-state index is 11.9. The number of aryl methyl sites for hydroxylation is 1. The van der Waals surface area contributed by atoms with E-state index in [1.807, 2.05) is 18.6 Å². The molecule has 5 heteroatoms. The number of aromatic nitrogens is 3. The highest BCUT2D eigenvalue weighted by molar-refractivity contribution is 5.75. The molecule has 2 heterocycles. The van der Waals surface area contributed by atoms with Gasteiger partial charge in [0.25, 0.3) is 0 Å². The maximum atomic E-state index is 11.9. The standard InChI is InChI=1S/C20H30N4O/c25-20(22-14-17-8-4-3-5-9-17)10-6-1-2-7-13-24-16-23-18-15-21-12-11-19(18)24/h11-12,15-17H,1-10,13-14H2,(H,22,25). The van der Waals surface area contributed by atoms with Gasteiger partial charge in [-0.15, -0.1) is 0 Å². The monoisotopic (exact) mass is 342 g/mol. The molecule has 1 saturated carbocycles. The minimum Gasteiger partial charge on any atom is -0.356 e. The van der Waals surface area contributed by atoms with Crippen LogP contribution in [-0.4, -0.2) is 27.0 Å². The molecule has 0 unspecified atom stereocenters. The summed E-state index contributed by atoms with van der Waals surface area (Å²) in [5.41, 5.74) is 2.11. The number of carbonyl (C=O) groups is 1. The summed E-state index contributed by atoms with van der Waals surface area (Å²) in [6.07, 6.45) is 17.2. The number of carbonyl (C=O) groups excluding carboxylic acids is 1. The van der Waals surface area contributed by atoms with Gasteiger partial charge in [-0.3, -0.25) is 9.78 Å². The Balaban J connectivity index is 1.24. The first-order chi connectivity index (χ1) is 12.3. The van der Waals surface area contributed by atoms with Gasteiger partial charge in [0.05, 0.1) is 18.0 Å². The van der Waals surface area contributed by atoms with Crippen LogP contribution >= 0.6 is 0 Å². The van der Waals surface area contributed by atoms with Gasteiger partial charge in [0, 0.05) is 25.7 Å². The fourth-order valence-electron chi connectivity index (χ4n) is 3.75. The number of rotatable bonds is 9. The first kappa shape index (κ1) is 17.9. The van der Waals surface area contributed by atoms with Crippen LogP contribution in [0, 0.1) is 5.92 Å². The molecule has 0 aromatic carbocycles. The van der Waals surface area contributed by atoms with Gasteiger partial charge in [-0.05, 0) is 37.7 Å². The molecule has 0 radical (unpaired) electrons. The van der Waals surface area contributed by atoms with Crippen LogP contribution < -0.4 is 5.32 Å². The molecule has 25 heavy (non-hydrogen) atoms. The largest absolute Gasteiger partial charge is 0.356 e. The van der Waals surface area contributed by atoms with E-state index in [9.17, 15) is 4.79 Å².